The van der Waals surface area contributed by atoms with Gasteiger partial charge in [0.2, 0.25) is 0 Å². The van der Waals surface area contributed by atoms with Gasteiger partial charge >= 0.3 is 0 Å². The summed E-state index contributed by atoms with van der Waals surface area (Å²) in [6.07, 6.45) is 23.4. The smallest absolute Gasteiger partial charge is 0.0782 e. The normalized spacial score (nSPS) is 12.1. The van der Waals surface area contributed by atoms with Crippen molar-refractivity contribution in [3.63, 3.8) is 0 Å². The highest BCUT2D eigenvalue weighted by molar-refractivity contribution is 6.08. The van der Waals surface area contributed by atoms with E-state index in [-0.39, 0.29) is 0 Å². The fourth-order valence-corrected chi connectivity index (χ4v) is 3.93. The molecular weight excluding hydrogens is 306 g/mol. The van der Waals surface area contributed by atoms with Crippen LogP contribution in [0.3, 0.4) is 0 Å². The molecule has 2 heteroatoms. The lowest BCUT2D eigenvalue weighted by atomic mass is 10.0. The van der Waals surface area contributed by atoms with Crippen molar-refractivity contribution < 1.29 is 4.48 Å². The van der Waals surface area contributed by atoms with E-state index in [0.717, 1.165) is 0 Å². The fraction of sp³-hybridized carbons (Fsp3) is 1.00. The summed E-state index contributed by atoms with van der Waals surface area (Å²) in [4.78, 5) is 0. The van der Waals surface area contributed by atoms with Gasteiger partial charge in [-0.1, -0.05) is 96.4 Å². The molecule has 0 aromatic heterocycles. The quantitative estimate of drug-likeness (QED) is 0.149. The minimum absolute atomic E-state index is 1.25. The van der Waals surface area contributed by atoms with E-state index < -0.39 is 0 Å². The van der Waals surface area contributed by atoms with Crippen LogP contribution in [0.15, 0.2) is 0 Å². The zero-order valence-electron chi connectivity index (χ0n) is 17.9. The summed E-state index contributed by atoms with van der Waals surface area (Å²) in [5, 5.41) is 0. The van der Waals surface area contributed by atoms with Crippen LogP contribution in [-0.2, 0) is 0 Å². The molecule has 0 saturated heterocycles. The van der Waals surface area contributed by atoms with Gasteiger partial charge in [-0.2, -0.15) is 0 Å². The van der Waals surface area contributed by atoms with Crippen LogP contribution < -0.4 is 0 Å². The van der Waals surface area contributed by atoms with E-state index in [1.54, 1.807) is 0 Å². The molecule has 0 bridgehead atoms. The number of unbranched alkanes of at least 4 members (excludes halogenated alkanes) is 14. The second-order valence-electron chi connectivity index (χ2n) is 8.69. The molecule has 0 fully saturated rings. The van der Waals surface area contributed by atoms with Crippen molar-refractivity contribution in [3.05, 3.63) is 0 Å². The van der Waals surface area contributed by atoms with E-state index in [1.165, 1.54) is 137 Å². The first-order valence-corrected chi connectivity index (χ1v) is 12.9. The third-order valence-corrected chi connectivity index (χ3v) is 6.19. The Hall–Kier alpha value is 0.177. The Morgan fingerprint density at radius 3 is 1.21 bits per heavy atom. The molecule has 1 nitrogen and oxygen atoms in total. The first kappa shape index (κ1) is 24.2. The third-order valence-electron chi connectivity index (χ3n) is 5.48. The largest absolute Gasteiger partial charge is 0.328 e. The minimum atomic E-state index is 1.25. The Labute approximate surface area is 158 Å². The molecule has 24 heavy (non-hydrogen) atoms. The van der Waals surface area contributed by atoms with Gasteiger partial charge in [0.15, 0.2) is 0 Å². The molecule has 0 aromatic carbocycles. The van der Waals surface area contributed by atoms with E-state index in [4.69, 9.17) is 0 Å². The van der Waals surface area contributed by atoms with Crippen LogP contribution in [-0.4, -0.2) is 41.9 Å². The molecule has 146 valence electrons. The molecule has 0 aromatic rings. The molecular formula is C22H50NSi+. The monoisotopic (exact) mass is 356 g/mol. The molecule has 0 saturated carbocycles. The summed E-state index contributed by atoms with van der Waals surface area (Å²) < 4.78 is 1.25. The third kappa shape index (κ3) is 18.5. The summed E-state index contributed by atoms with van der Waals surface area (Å²) in [6.45, 7) is 5.08. The molecule has 0 aliphatic heterocycles. The Kier molecular flexibility index (Phi) is 18.1. The number of hydrogen-bond donors (Lipinski definition) is 0. The van der Waals surface area contributed by atoms with Crippen LogP contribution in [0.1, 0.15) is 110 Å². The minimum Gasteiger partial charge on any atom is -0.328 e. The second kappa shape index (κ2) is 18.0. The highest BCUT2D eigenvalue weighted by atomic mass is 28.1. The number of rotatable bonds is 19. The van der Waals surface area contributed by atoms with Gasteiger partial charge in [0.1, 0.15) is 0 Å². The van der Waals surface area contributed by atoms with E-state index >= 15 is 0 Å². The Morgan fingerprint density at radius 2 is 0.833 bits per heavy atom. The van der Waals surface area contributed by atoms with Crippen molar-refractivity contribution in [2.75, 3.05) is 27.2 Å². The van der Waals surface area contributed by atoms with E-state index in [1.807, 2.05) is 0 Å². The fourth-order valence-electron chi connectivity index (χ4n) is 3.61. The number of quaternary nitrogens is 1. The zero-order valence-corrected chi connectivity index (χ0v) is 19.9. The summed E-state index contributed by atoms with van der Waals surface area (Å²) in [5.74, 6) is 0. The van der Waals surface area contributed by atoms with Crippen molar-refractivity contribution in [3.8, 4) is 0 Å². The van der Waals surface area contributed by atoms with E-state index in [9.17, 15) is 0 Å². The highest BCUT2D eigenvalue weighted by Gasteiger charge is 2.12. The van der Waals surface area contributed by atoms with Crippen molar-refractivity contribution in [1.29, 1.82) is 0 Å². The van der Waals surface area contributed by atoms with E-state index in [2.05, 4.69) is 21.0 Å². The Bertz CT molecular complexity index is 240. The maximum Gasteiger partial charge on any atom is 0.0782 e. The molecule has 0 amide bonds. The van der Waals surface area contributed by atoms with Crippen molar-refractivity contribution in [1.82, 2.24) is 0 Å². The molecule has 0 radical (unpaired) electrons. The van der Waals surface area contributed by atoms with Crippen molar-refractivity contribution >= 4 is 10.2 Å². The van der Waals surface area contributed by atoms with Crippen LogP contribution >= 0.6 is 0 Å². The summed E-state index contributed by atoms with van der Waals surface area (Å²) >= 11 is 0. The highest BCUT2D eigenvalue weighted by Crippen LogP contribution is 2.14. The summed E-state index contributed by atoms with van der Waals surface area (Å²) in [6, 6.07) is 1.47. The lowest BCUT2D eigenvalue weighted by molar-refractivity contribution is -0.890. The van der Waals surface area contributed by atoms with Crippen molar-refractivity contribution in [2.24, 2.45) is 0 Å². The van der Waals surface area contributed by atoms with Crippen LogP contribution in [0, 0.1) is 0 Å². The standard InChI is InChI=1S/C22H50NSi/c1-4-5-6-7-8-9-10-11-12-13-14-15-16-17-18-20-23(2,3)21-19-22-24/h4-22H2,1-3,24H3/q+1. The van der Waals surface area contributed by atoms with Crippen LogP contribution in [0.5, 0.6) is 0 Å². The van der Waals surface area contributed by atoms with Crippen LogP contribution in [0.4, 0.5) is 0 Å². The van der Waals surface area contributed by atoms with Gasteiger partial charge in [0, 0.05) is 10.2 Å². The van der Waals surface area contributed by atoms with Gasteiger partial charge in [0.25, 0.3) is 0 Å². The molecule has 0 spiro atoms. The molecule has 0 aliphatic carbocycles. The first-order valence-electron chi connectivity index (χ1n) is 11.4. The summed E-state index contributed by atoms with van der Waals surface area (Å²) in [5.41, 5.74) is 0. The van der Waals surface area contributed by atoms with Gasteiger partial charge < -0.3 is 4.48 Å². The van der Waals surface area contributed by atoms with Crippen molar-refractivity contribution in [2.45, 2.75) is 116 Å². The van der Waals surface area contributed by atoms with Crippen LogP contribution in [0.25, 0.3) is 0 Å². The SMILES string of the molecule is CCCCCCCCCCCCCCCCC[N+](C)(C)CCC[SiH3]. The lowest BCUT2D eigenvalue weighted by Gasteiger charge is -2.29. The van der Waals surface area contributed by atoms with Crippen LogP contribution in [0.2, 0.25) is 6.04 Å². The molecule has 0 aliphatic rings. The molecule has 0 unspecified atom stereocenters. The van der Waals surface area contributed by atoms with E-state index in [0.29, 0.717) is 0 Å². The topological polar surface area (TPSA) is 0 Å². The first-order chi connectivity index (χ1) is 11.6. The molecule has 0 atom stereocenters. The predicted octanol–water partition coefficient (Wildman–Crippen LogP) is 6.11. The average molecular weight is 357 g/mol. The summed E-state index contributed by atoms with van der Waals surface area (Å²) in [7, 11) is 6.21. The molecule has 0 N–H and O–H groups in total. The molecule has 0 heterocycles. The average Bonchev–Trinajstić information content (AvgIpc) is 2.56. The number of hydrogen-bond acceptors (Lipinski definition) is 0. The van der Waals surface area contributed by atoms with Gasteiger partial charge in [-0.05, 0) is 19.3 Å². The molecule has 0 rings (SSSR count). The Balaban J connectivity index is 3.15. The maximum atomic E-state index is 2.42. The second-order valence-corrected chi connectivity index (χ2v) is 9.69. The lowest BCUT2D eigenvalue weighted by Crippen LogP contribution is -2.41. The van der Waals surface area contributed by atoms with Gasteiger partial charge in [-0.15, -0.1) is 0 Å². The number of nitrogens with zero attached hydrogens (tertiary/aromatic N) is 1. The predicted molar refractivity (Wildman–Crippen MR) is 116 cm³/mol. The zero-order chi connectivity index (χ0) is 17.9. The Morgan fingerprint density at radius 1 is 0.500 bits per heavy atom. The maximum absolute atomic E-state index is 2.42. The van der Waals surface area contributed by atoms with Gasteiger partial charge in [0.05, 0.1) is 27.2 Å². The van der Waals surface area contributed by atoms with Gasteiger partial charge in [-0.25, -0.2) is 0 Å². The van der Waals surface area contributed by atoms with Gasteiger partial charge in [-0.3, -0.25) is 0 Å².